The highest BCUT2D eigenvalue weighted by molar-refractivity contribution is 7.17. The van der Waals surface area contributed by atoms with Crippen LogP contribution in [0.15, 0.2) is 16.8 Å². The molecule has 0 bridgehead atoms. The monoisotopic (exact) mass is 336 g/mol. The molecule has 2 atom stereocenters. The summed E-state index contributed by atoms with van der Waals surface area (Å²) in [5.41, 5.74) is 1.86. The van der Waals surface area contributed by atoms with Crippen molar-refractivity contribution in [1.82, 2.24) is 10.3 Å². The second kappa shape index (κ2) is 6.89. The second-order valence-electron chi connectivity index (χ2n) is 5.84. The molecule has 0 saturated heterocycles. The largest absolute Gasteiger partial charge is 0.393 e. The van der Waals surface area contributed by atoms with Crippen LogP contribution in [-0.2, 0) is 0 Å². The van der Waals surface area contributed by atoms with E-state index in [-0.39, 0.29) is 12.0 Å². The van der Waals surface area contributed by atoms with E-state index in [1.807, 2.05) is 23.8 Å². The third-order valence-corrected chi connectivity index (χ3v) is 5.97. The molecule has 2 heterocycles. The van der Waals surface area contributed by atoms with Crippen LogP contribution in [-0.4, -0.2) is 28.6 Å². The quantitative estimate of drug-likeness (QED) is 0.899. The molecule has 2 aromatic rings. The second-order valence-corrected chi connectivity index (χ2v) is 7.62. The zero-order chi connectivity index (χ0) is 15.5. The number of thiophene rings is 1. The summed E-state index contributed by atoms with van der Waals surface area (Å²) in [7, 11) is 0. The summed E-state index contributed by atoms with van der Waals surface area (Å²) in [4.78, 5) is 17.6. The Kier molecular flexibility index (Phi) is 4.90. The maximum Gasteiger partial charge on any atom is 0.263 e. The van der Waals surface area contributed by atoms with E-state index < -0.39 is 0 Å². The number of aryl methyl sites for hydroxylation is 1. The first-order chi connectivity index (χ1) is 10.6. The molecular weight excluding hydrogens is 316 g/mol. The number of thiazole rings is 1. The molecule has 0 radical (unpaired) electrons. The normalized spacial score (nSPS) is 21.7. The van der Waals surface area contributed by atoms with Gasteiger partial charge in [0.25, 0.3) is 5.91 Å². The number of aliphatic hydroxyl groups is 1. The van der Waals surface area contributed by atoms with E-state index in [2.05, 4.69) is 10.3 Å². The highest BCUT2D eigenvalue weighted by Crippen LogP contribution is 2.29. The lowest BCUT2D eigenvalue weighted by molar-refractivity contribution is 0.0876. The Morgan fingerprint density at radius 2 is 2.36 bits per heavy atom. The third-order valence-electron chi connectivity index (χ3n) is 4.08. The average Bonchev–Trinajstić information content (AvgIpc) is 3.14. The lowest BCUT2D eigenvalue weighted by Crippen LogP contribution is -2.32. The van der Waals surface area contributed by atoms with Crippen molar-refractivity contribution < 1.29 is 9.90 Å². The number of nitrogens with one attached hydrogen (secondary N) is 1. The Bertz CT molecular complexity index is 637. The standard InChI is InChI=1S/C16H20N2O2S2/c1-10-14(22-16(18-10)12-5-6-21-9-12)15(20)17-8-11-3-2-4-13(19)7-11/h5-6,9,11,13,19H,2-4,7-8H2,1H3,(H,17,20). The molecule has 4 nitrogen and oxygen atoms in total. The number of nitrogens with zero attached hydrogens (tertiary/aromatic N) is 1. The van der Waals surface area contributed by atoms with Gasteiger partial charge in [-0.05, 0) is 43.6 Å². The van der Waals surface area contributed by atoms with Crippen molar-refractivity contribution in [1.29, 1.82) is 0 Å². The first-order valence-corrected chi connectivity index (χ1v) is 9.35. The van der Waals surface area contributed by atoms with Crippen molar-refractivity contribution in [3.8, 4) is 10.6 Å². The van der Waals surface area contributed by atoms with Gasteiger partial charge in [-0.2, -0.15) is 11.3 Å². The third kappa shape index (κ3) is 3.56. The van der Waals surface area contributed by atoms with Gasteiger partial charge in [0.15, 0.2) is 0 Å². The molecule has 3 rings (SSSR count). The molecule has 0 aromatic carbocycles. The van der Waals surface area contributed by atoms with Gasteiger partial charge in [0.1, 0.15) is 9.88 Å². The smallest absolute Gasteiger partial charge is 0.263 e. The van der Waals surface area contributed by atoms with E-state index >= 15 is 0 Å². The van der Waals surface area contributed by atoms with E-state index in [1.165, 1.54) is 11.3 Å². The van der Waals surface area contributed by atoms with Crippen LogP contribution in [0.3, 0.4) is 0 Å². The Hall–Kier alpha value is -1.24. The van der Waals surface area contributed by atoms with E-state index in [4.69, 9.17) is 0 Å². The van der Waals surface area contributed by atoms with Crippen LogP contribution in [0.25, 0.3) is 10.6 Å². The topological polar surface area (TPSA) is 62.2 Å². The Morgan fingerprint density at radius 1 is 1.50 bits per heavy atom. The van der Waals surface area contributed by atoms with Crippen LogP contribution in [0.4, 0.5) is 0 Å². The highest BCUT2D eigenvalue weighted by Gasteiger charge is 2.22. The molecule has 22 heavy (non-hydrogen) atoms. The molecule has 1 amide bonds. The molecule has 118 valence electrons. The predicted molar refractivity (Wildman–Crippen MR) is 90.5 cm³/mol. The Labute approximate surface area is 138 Å². The van der Waals surface area contributed by atoms with Gasteiger partial charge in [-0.1, -0.05) is 6.42 Å². The fourth-order valence-electron chi connectivity index (χ4n) is 2.88. The van der Waals surface area contributed by atoms with Crippen LogP contribution < -0.4 is 5.32 Å². The zero-order valence-corrected chi connectivity index (χ0v) is 14.2. The van der Waals surface area contributed by atoms with Crippen LogP contribution in [0.1, 0.15) is 41.0 Å². The summed E-state index contributed by atoms with van der Waals surface area (Å²) in [6.45, 7) is 2.52. The first-order valence-electron chi connectivity index (χ1n) is 7.59. The predicted octanol–water partition coefficient (Wildman–Crippen LogP) is 3.46. The lowest BCUT2D eigenvalue weighted by atomic mass is 9.87. The number of aliphatic hydroxyl groups excluding tert-OH is 1. The number of hydrogen-bond donors (Lipinski definition) is 2. The van der Waals surface area contributed by atoms with Gasteiger partial charge in [0.2, 0.25) is 0 Å². The minimum absolute atomic E-state index is 0.0449. The molecule has 1 aliphatic carbocycles. The van der Waals surface area contributed by atoms with Crippen LogP contribution >= 0.6 is 22.7 Å². The number of aromatic nitrogens is 1. The molecule has 0 aliphatic heterocycles. The molecule has 2 N–H and O–H groups in total. The van der Waals surface area contributed by atoms with E-state index in [1.54, 1.807) is 11.3 Å². The van der Waals surface area contributed by atoms with Crippen molar-refractivity contribution >= 4 is 28.6 Å². The Balaban J connectivity index is 1.62. The van der Waals surface area contributed by atoms with Gasteiger partial charge in [0, 0.05) is 17.5 Å². The number of hydrogen-bond acceptors (Lipinski definition) is 5. The molecular formula is C16H20N2O2S2. The maximum absolute atomic E-state index is 12.4. The van der Waals surface area contributed by atoms with Gasteiger partial charge in [0.05, 0.1) is 11.8 Å². The fourth-order valence-corrected chi connectivity index (χ4v) is 4.58. The van der Waals surface area contributed by atoms with Crippen LogP contribution in [0, 0.1) is 12.8 Å². The number of carbonyl (C=O) groups excluding carboxylic acids is 1. The van der Waals surface area contributed by atoms with Crippen molar-refractivity contribution in [2.75, 3.05) is 6.54 Å². The number of amides is 1. The Morgan fingerprint density at radius 3 is 3.09 bits per heavy atom. The summed E-state index contributed by atoms with van der Waals surface area (Å²) >= 11 is 3.08. The van der Waals surface area contributed by atoms with Gasteiger partial charge in [-0.3, -0.25) is 4.79 Å². The summed E-state index contributed by atoms with van der Waals surface area (Å²) in [6.07, 6.45) is 3.61. The van der Waals surface area contributed by atoms with Crippen molar-refractivity contribution in [2.24, 2.45) is 5.92 Å². The minimum Gasteiger partial charge on any atom is -0.393 e. The van der Waals surface area contributed by atoms with Crippen LogP contribution in [0.2, 0.25) is 0 Å². The van der Waals surface area contributed by atoms with Gasteiger partial charge < -0.3 is 10.4 Å². The molecule has 0 spiro atoms. The lowest BCUT2D eigenvalue weighted by Gasteiger charge is -2.25. The highest BCUT2D eigenvalue weighted by atomic mass is 32.1. The molecule has 6 heteroatoms. The minimum atomic E-state index is -0.203. The summed E-state index contributed by atoms with van der Waals surface area (Å²) in [6, 6.07) is 2.02. The summed E-state index contributed by atoms with van der Waals surface area (Å²) in [5, 5.41) is 17.7. The van der Waals surface area contributed by atoms with Gasteiger partial charge >= 0.3 is 0 Å². The summed E-state index contributed by atoms with van der Waals surface area (Å²) < 4.78 is 0. The average molecular weight is 336 g/mol. The zero-order valence-electron chi connectivity index (χ0n) is 12.5. The summed E-state index contributed by atoms with van der Waals surface area (Å²) in [5.74, 6) is 0.341. The van der Waals surface area contributed by atoms with Crippen LogP contribution in [0.5, 0.6) is 0 Å². The molecule has 2 aromatic heterocycles. The molecule has 1 fully saturated rings. The molecule has 1 saturated carbocycles. The van der Waals surface area contributed by atoms with Gasteiger partial charge in [-0.25, -0.2) is 4.98 Å². The van der Waals surface area contributed by atoms with Crippen molar-refractivity contribution in [3.05, 3.63) is 27.4 Å². The van der Waals surface area contributed by atoms with E-state index in [0.29, 0.717) is 17.3 Å². The number of carbonyl (C=O) groups is 1. The molecule has 1 aliphatic rings. The number of rotatable bonds is 4. The van der Waals surface area contributed by atoms with E-state index in [9.17, 15) is 9.90 Å². The molecule has 2 unspecified atom stereocenters. The fraction of sp³-hybridized carbons (Fsp3) is 0.500. The SMILES string of the molecule is Cc1nc(-c2ccsc2)sc1C(=O)NCC1CCCC(O)C1. The first kappa shape index (κ1) is 15.6. The van der Waals surface area contributed by atoms with Crippen molar-refractivity contribution in [2.45, 2.75) is 38.7 Å². The van der Waals surface area contributed by atoms with Crippen molar-refractivity contribution in [3.63, 3.8) is 0 Å². The maximum atomic E-state index is 12.4. The van der Waals surface area contributed by atoms with E-state index in [0.717, 1.165) is 41.9 Å². The van der Waals surface area contributed by atoms with Gasteiger partial charge in [-0.15, -0.1) is 11.3 Å².